The average Bonchev–Trinajstić information content (AvgIpc) is 2.73. The van der Waals surface area contributed by atoms with E-state index in [0.717, 1.165) is 15.8 Å². The second-order valence-corrected chi connectivity index (χ2v) is 9.89. The first-order valence-electron chi connectivity index (χ1n) is 9.62. The molecule has 0 atom stereocenters. The highest BCUT2D eigenvalue weighted by atomic mass is 79.9. The van der Waals surface area contributed by atoms with Crippen molar-refractivity contribution in [2.24, 2.45) is 5.92 Å². The lowest BCUT2D eigenvalue weighted by Crippen LogP contribution is -2.43. The normalized spacial score (nSPS) is 15.8. The van der Waals surface area contributed by atoms with Crippen molar-refractivity contribution in [2.75, 3.05) is 26.2 Å². The van der Waals surface area contributed by atoms with Gasteiger partial charge in [-0.15, -0.1) is 0 Å². The van der Waals surface area contributed by atoms with Crippen molar-refractivity contribution in [3.8, 4) is 5.75 Å². The van der Waals surface area contributed by atoms with Crippen LogP contribution in [0.15, 0.2) is 59.1 Å². The molecule has 1 amide bonds. The van der Waals surface area contributed by atoms with Gasteiger partial charge in [0.05, 0.1) is 12.3 Å². The number of nitrogens with one attached hydrogen (secondary N) is 1. The number of hydrogen-bond acceptors (Lipinski definition) is 4. The van der Waals surface area contributed by atoms with Crippen LogP contribution in [0.25, 0.3) is 0 Å². The zero-order valence-electron chi connectivity index (χ0n) is 16.1. The SMILES string of the molecule is O=C(NCCOc1ccccc1)C1CCN(S(=O)(=O)Cc2ccc(Br)cc2)CC1. The van der Waals surface area contributed by atoms with Crippen molar-refractivity contribution in [3.63, 3.8) is 0 Å². The molecule has 0 radical (unpaired) electrons. The standard InChI is InChI=1S/C21H25BrN2O4S/c22-19-8-6-17(7-9-19)16-29(26,27)24-13-10-18(11-14-24)21(25)23-12-15-28-20-4-2-1-3-5-20/h1-9,18H,10-16H2,(H,23,25). The molecule has 2 aromatic rings. The van der Waals surface area contributed by atoms with Crippen LogP contribution in [-0.2, 0) is 20.6 Å². The maximum atomic E-state index is 12.7. The van der Waals surface area contributed by atoms with E-state index in [2.05, 4.69) is 21.2 Å². The molecule has 1 aliphatic heterocycles. The van der Waals surface area contributed by atoms with Crippen LogP contribution in [0.4, 0.5) is 0 Å². The number of nitrogens with zero attached hydrogens (tertiary/aromatic N) is 1. The molecule has 6 nitrogen and oxygen atoms in total. The molecule has 29 heavy (non-hydrogen) atoms. The number of benzene rings is 2. The smallest absolute Gasteiger partial charge is 0.223 e. The Kier molecular flexibility index (Phi) is 7.69. The van der Waals surface area contributed by atoms with E-state index in [1.165, 1.54) is 4.31 Å². The van der Waals surface area contributed by atoms with E-state index in [1.54, 1.807) is 12.1 Å². The molecular formula is C21H25BrN2O4S. The Morgan fingerprint density at radius 2 is 1.72 bits per heavy atom. The monoisotopic (exact) mass is 480 g/mol. The van der Waals surface area contributed by atoms with Crippen LogP contribution in [-0.4, -0.2) is 44.9 Å². The summed E-state index contributed by atoms with van der Waals surface area (Å²) in [6.07, 6.45) is 1.07. The van der Waals surface area contributed by atoms with Crippen molar-refractivity contribution in [1.29, 1.82) is 0 Å². The predicted molar refractivity (Wildman–Crippen MR) is 116 cm³/mol. The van der Waals surface area contributed by atoms with E-state index in [9.17, 15) is 13.2 Å². The maximum absolute atomic E-state index is 12.7. The Morgan fingerprint density at radius 1 is 1.07 bits per heavy atom. The van der Waals surface area contributed by atoms with Gasteiger partial charge in [-0.05, 0) is 42.7 Å². The van der Waals surface area contributed by atoms with Gasteiger partial charge < -0.3 is 10.1 Å². The van der Waals surface area contributed by atoms with Crippen LogP contribution in [0.1, 0.15) is 18.4 Å². The number of rotatable bonds is 8. The van der Waals surface area contributed by atoms with Crippen LogP contribution in [0, 0.1) is 5.92 Å². The largest absolute Gasteiger partial charge is 0.492 e. The minimum atomic E-state index is -3.38. The van der Waals surface area contributed by atoms with Gasteiger partial charge in [0.1, 0.15) is 12.4 Å². The van der Waals surface area contributed by atoms with Crippen LogP contribution in [0.3, 0.4) is 0 Å². The molecule has 0 saturated carbocycles. The summed E-state index contributed by atoms with van der Waals surface area (Å²) < 4.78 is 33.3. The molecule has 3 rings (SSSR count). The number of para-hydroxylation sites is 1. The van der Waals surface area contributed by atoms with Gasteiger partial charge in [-0.25, -0.2) is 12.7 Å². The first kappa shape index (κ1) is 21.8. The zero-order valence-corrected chi connectivity index (χ0v) is 18.5. The Bertz CT molecular complexity index is 896. The molecule has 1 aliphatic rings. The number of sulfonamides is 1. The van der Waals surface area contributed by atoms with Crippen molar-refractivity contribution < 1.29 is 17.9 Å². The van der Waals surface area contributed by atoms with Crippen LogP contribution in [0.5, 0.6) is 5.75 Å². The highest BCUT2D eigenvalue weighted by molar-refractivity contribution is 9.10. The number of carbonyl (C=O) groups excluding carboxylic acids is 1. The summed E-state index contributed by atoms with van der Waals surface area (Å²) in [5.74, 6) is 0.553. The van der Waals surface area contributed by atoms with E-state index in [4.69, 9.17) is 4.74 Å². The second kappa shape index (κ2) is 10.2. The van der Waals surface area contributed by atoms with E-state index in [1.807, 2.05) is 42.5 Å². The highest BCUT2D eigenvalue weighted by Gasteiger charge is 2.31. The molecule has 1 saturated heterocycles. The highest BCUT2D eigenvalue weighted by Crippen LogP contribution is 2.22. The van der Waals surface area contributed by atoms with Gasteiger partial charge in [0.15, 0.2) is 0 Å². The second-order valence-electron chi connectivity index (χ2n) is 7.01. The van der Waals surface area contributed by atoms with Crippen molar-refractivity contribution in [2.45, 2.75) is 18.6 Å². The molecule has 156 valence electrons. The van der Waals surface area contributed by atoms with Crippen LogP contribution in [0.2, 0.25) is 0 Å². The van der Waals surface area contributed by atoms with E-state index < -0.39 is 10.0 Å². The quantitative estimate of drug-likeness (QED) is 0.588. The van der Waals surface area contributed by atoms with Crippen molar-refractivity contribution in [3.05, 3.63) is 64.6 Å². The first-order chi connectivity index (χ1) is 13.9. The lowest BCUT2D eigenvalue weighted by Gasteiger charge is -2.30. The molecule has 2 aromatic carbocycles. The molecule has 0 bridgehead atoms. The zero-order chi connectivity index (χ0) is 20.7. The molecule has 0 aromatic heterocycles. The number of carbonyl (C=O) groups is 1. The van der Waals surface area contributed by atoms with E-state index >= 15 is 0 Å². The molecule has 0 spiro atoms. The third kappa shape index (κ3) is 6.55. The number of piperidine rings is 1. The predicted octanol–water partition coefficient (Wildman–Crippen LogP) is 3.19. The average molecular weight is 481 g/mol. The molecule has 1 fully saturated rings. The molecular weight excluding hydrogens is 456 g/mol. The third-order valence-corrected chi connectivity index (χ3v) is 7.27. The fraction of sp³-hybridized carbons (Fsp3) is 0.381. The Balaban J connectivity index is 1.40. The van der Waals surface area contributed by atoms with Gasteiger partial charge in [0, 0.05) is 23.5 Å². The lowest BCUT2D eigenvalue weighted by atomic mass is 9.97. The number of halogens is 1. The molecule has 8 heteroatoms. The Hall–Kier alpha value is -1.90. The number of amides is 1. The fourth-order valence-electron chi connectivity index (χ4n) is 3.28. The van der Waals surface area contributed by atoms with Crippen molar-refractivity contribution >= 4 is 31.9 Å². The number of ether oxygens (including phenoxy) is 1. The van der Waals surface area contributed by atoms with Gasteiger partial charge in [-0.1, -0.05) is 46.3 Å². The molecule has 0 aliphatic carbocycles. The summed E-state index contributed by atoms with van der Waals surface area (Å²) in [7, 11) is -3.38. The molecule has 1 N–H and O–H groups in total. The van der Waals surface area contributed by atoms with Crippen LogP contribution >= 0.6 is 15.9 Å². The van der Waals surface area contributed by atoms with Gasteiger partial charge in [-0.2, -0.15) is 0 Å². The third-order valence-electron chi connectivity index (χ3n) is 4.89. The topological polar surface area (TPSA) is 75.7 Å². The Morgan fingerprint density at radius 3 is 2.38 bits per heavy atom. The van der Waals surface area contributed by atoms with Gasteiger partial charge in [0.2, 0.25) is 15.9 Å². The summed E-state index contributed by atoms with van der Waals surface area (Å²) in [4.78, 5) is 12.3. The van der Waals surface area contributed by atoms with Gasteiger partial charge in [-0.3, -0.25) is 4.79 Å². The minimum absolute atomic E-state index is 0.0199. The first-order valence-corrected chi connectivity index (χ1v) is 12.0. The van der Waals surface area contributed by atoms with E-state index in [-0.39, 0.29) is 17.6 Å². The minimum Gasteiger partial charge on any atom is -0.492 e. The van der Waals surface area contributed by atoms with Crippen LogP contribution < -0.4 is 10.1 Å². The fourth-order valence-corrected chi connectivity index (χ4v) is 5.11. The maximum Gasteiger partial charge on any atom is 0.223 e. The lowest BCUT2D eigenvalue weighted by molar-refractivity contribution is -0.126. The summed E-state index contributed by atoms with van der Waals surface area (Å²) in [6.45, 7) is 1.57. The molecule has 1 heterocycles. The summed E-state index contributed by atoms with van der Waals surface area (Å²) in [5.41, 5.74) is 0.756. The summed E-state index contributed by atoms with van der Waals surface area (Å²) in [5, 5.41) is 2.88. The van der Waals surface area contributed by atoms with E-state index in [0.29, 0.717) is 39.1 Å². The van der Waals surface area contributed by atoms with Crippen molar-refractivity contribution in [1.82, 2.24) is 9.62 Å². The summed E-state index contributed by atoms with van der Waals surface area (Å²) >= 11 is 3.35. The Labute approximate surface area is 180 Å². The number of hydrogen-bond donors (Lipinski definition) is 1. The summed E-state index contributed by atoms with van der Waals surface area (Å²) in [6, 6.07) is 16.7. The van der Waals surface area contributed by atoms with Gasteiger partial charge >= 0.3 is 0 Å². The molecule has 0 unspecified atom stereocenters. The van der Waals surface area contributed by atoms with Gasteiger partial charge in [0.25, 0.3) is 0 Å².